The topological polar surface area (TPSA) is 109 Å². The number of nitrogens with zero attached hydrogens (tertiary/aromatic N) is 7. The van der Waals surface area contributed by atoms with Crippen molar-refractivity contribution in [3.8, 4) is 28.5 Å². The van der Waals surface area contributed by atoms with Crippen molar-refractivity contribution in [3.05, 3.63) is 39.5 Å². The van der Waals surface area contributed by atoms with E-state index in [9.17, 15) is 23.1 Å². The van der Waals surface area contributed by atoms with Crippen LogP contribution in [0.3, 0.4) is 0 Å². The molecule has 11 nitrogen and oxygen atoms in total. The monoisotopic (exact) mass is 771 g/mol. The summed E-state index contributed by atoms with van der Waals surface area (Å²) >= 11 is 13.2. The van der Waals surface area contributed by atoms with Gasteiger partial charge in [-0.3, -0.25) is 9.58 Å². The Morgan fingerprint density at radius 3 is 2.29 bits per heavy atom. The summed E-state index contributed by atoms with van der Waals surface area (Å²) < 4.78 is 53.4. The molecule has 280 valence electrons. The Kier molecular flexibility index (Phi) is 10.8. The molecule has 1 atom stereocenters. The SMILES string of the molecule is Cc1c(-c2c(C)c(Cl)nn2C)nc(-c2cc(OC[C@@H](CN(C)C(=O)O)O[Si](C)(C)C(C)(C)C)ccc2Cl)nc1N1CC2(CN(CC(F)(F)F)C2)C1. The third-order valence-corrected chi connectivity index (χ3v) is 15.4. The number of halogens is 5. The van der Waals surface area contributed by atoms with Crippen LogP contribution in [0.2, 0.25) is 28.3 Å². The minimum absolute atomic E-state index is 0.0877. The molecule has 17 heteroatoms. The third-order valence-electron chi connectivity index (χ3n) is 10.1. The Morgan fingerprint density at radius 2 is 1.75 bits per heavy atom. The molecule has 0 radical (unpaired) electrons. The van der Waals surface area contributed by atoms with Crippen molar-refractivity contribution in [1.82, 2.24) is 29.5 Å². The highest BCUT2D eigenvalue weighted by Crippen LogP contribution is 2.45. The van der Waals surface area contributed by atoms with Crippen LogP contribution < -0.4 is 9.64 Å². The Labute approximate surface area is 307 Å². The van der Waals surface area contributed by atoms with Crippen molar-refractivity contribution in [2.75, 3.05) is 57.8 Å². The van der Waals surface area contributed by atoms with Crippen molar-refractivity contribution in [3.63, 3.8) is 0 Å². The van der Waals surface area contributed by atoms with E-state index in [0.717, 1.165) is 11.1 Å². The Hall–Kier alpha value is -3.11. The van der Waals surface area contributed by atoms with Gasteiger partial charge in [0.25, 0.3) is 0 Å². The number of likely N-dealkylation sites (tertiary alicyclic amines) is 1. The lowest BCUT2D eigenvalue weighted by Gasteiger charge is -2.61. The number of amides is 1. The molecular formula is C34H46Cl2F3N7O4Si. The van der Waals surface area contributed by atoms with Crippen molar-refractivity contribution in [2.24, 2.45) is 12.5 Å². The van der Waals surface area contributed by atoms with E-state index in [-0.39, 0.29) is 23.6 Å². The van der Waals surface area contributed by atoms with Crippen molar-refractivity contribution in [2.45, 2.75) is 65.0 Å². The zero-order chi connectivity index (χ0) is 37.8. The number of hydrogen-bond acceptors (Lipinski definition) is 8. The van der Waals surface area contributed by atoms with Gasteiger partial charge in [0.05, 0.1) is 35.6 Å². The van der Waals surface area contributed by atoms with Crippen molar-refractivity contribution < 1.29 is 32.2 Å². The molecule has 2 aliphatic rings. The molecule has 4 heterocycles. The summed E-state index contributed by atoms with van der Waals surface area (Å²) in [6.45, 7) is 15.5. The maximum atomic E-state index is 13.0. The zero-order valence-electron chi connectivity index (χ0n) is 30.5. The van der Waals surface area contributed by atoms with Gasteiger partial charge in [0, 0.05) is 62.4 Å². The second kappa shape index (κ2) is 14.0. The lowest BCUT2D eigenvalue weighted by molar-refractivity contribution is -0.172. The van der Waals surface area contributed by atoms with Gasteiger partial charge in [-0.25, -0.2) is 14.8 Å². The number of aromatic nitrogens is 4. The highest BCUT2D eigenvalue weighted by atomic mass is 35.5. The van der Waals surface area contributed by atoms with Crippen LogP contribution in [-0.4, -0.2) is 114 Å². The average Bonchev–Trinajstić information content (AvgIpc) is 3.22. The molecule has 1 aromatic carbocycles. The molecule has 2 aromatic heterocycles. The molecule has 0 aliphatic carbocycles. The summed E-state index contributed by atoms with van der Waals surface area (Å²) in [5.74, 6) is 1.43. The number of benzene rings is 1. The van der Waals surface area contributed by atoms with Gasteiger partial charge in [-0.05, 0) is 50.2 Å². The summed E-state index contributed by atoms with van der Waals surface area (Å²) in [5, 5.41) is 14.6. The summed E-state index contributed by atoms with van der Waals surface area (Å²) in [6, 6.07) is 5.16. The van der Waals surface area contributed by atoms with E-state index in [1.165, 1.54) is 16.8 Å². The molecule has 3 aromatic rings. The predicted octanol–water partition coefficient (Wildman–Crippen LogP) is 7.53. The number of hydrogen-bond donors (Lipinski definition) is 1. The summed E-state index contributed by atoms with van der Waals surface area (Å²) in [5.41, 5.74) is 3.10. The first kappa shape index (κ1) is 39.1. The maximum absolute atomic E-state index is 13.0. The lowest BCUT2D eigenvalue weighted by atomic mass is 9.72. The fraction of sp³-hybridized carbons (Fsp3) is 0.588. The highest BCUT2D eigenvalue weighted by Gasteiger charge is 2.54. The average molecular weight is 773 g/mol. The van der Waals surface area contributed by atoms with Crippen LogP contribution in [0.5, 0.6) is 5.75 Å². The van der Waals surface area contributed by atoms with E-state index in [4.69, 9.17) is 42.3 Å². The Morgan fingerprint density at radius 1 is 1.10 bits per heavy atom. The van der Waals surface area contributed by atoms with E-state index in [1.807, 2.05) is 13.8 Å². The normalized spacial score (nSPS) is 16.9. The number of anilines is 1. The van der Waals surface area contributed by atoms with Crippen LogP contribution in [0.4, 0.5) is 23.8 Å². The number of ether oxygens (including phenoxy) is 1. The van der Waals surface area contributed by atoms with Gasteiger partial charge in [-0.1, -0.05) is 44.0 Å². The number of aryl methyl sites for hydroxylation is 1. The first-order chi connectivity index (χ1) is 23.5. The van der Waals surface area contributed by atoms with E-state index in [0.29, 0.717) is 70.7 Å². The summed E-state index contributed by atoms with van der Waals surface area (Å²) in [6.07, 6.45) is -5.83. The Balaban J connectivity index is 1.46. The standard InChI is InChI=1S/C34H46Cl2F3N7O4Si/c1-20-26(27-21(2)28(36)42-44(27)7)40-29(41-30(20)46-17-33(18-46)15-45(16-33)19-34(37,38)39)24-12-22(10-11-25(24)35)49-14-23(13-43(6)31(47)48)50-51(8,9)32(3,4)5/h10-12,23H,13-19H2,1-9H3,(H,47,48)/t23-/m1/s1. The minimum atomic E-state index is -4.23. The quantitative estimate of drug-likeness (QED) is 0.198. The van der Waals surface area contributed by atoms with E-state index >= 15 is 0 Å². The molecule has 0 saturated carbocycles. The van der Waals surface area contributed by atoms with E-state index in [2.05, 4.69) is 43.9 Å². The maximum Gasteiger partial charge on any atom is 0.407 e. The second-order valence-corrected chi connectivity index (χ2v) is 21.0. The molecule has 51 heavy (non-hydrogen) atoms. The van der Waals surface area contributed by atoms with Gasteiger partial charge in [0.1, 0.15) is 18.2 Å². The van der Waals surface area contributed by atoms with Crippen LogP contribution in [0, 0.1) is 19.3 Å². The summed E-state index contributed by atoms with van der Waals surface area (Å²) in [4.78, 5) is 26.3. The number of carbonyl (C=O) groups is 1. The van der Waals surface area contributed by atoms with Crippen molar-refractivity contribution >= 4 is 43.4 Å². The number of alkyl halides is 3. The minimum Gasteiger partial charge on any atom is -0.491 e. The molecular weight excluding hydrogens is 726 g/mol. The number of carboxylic acid groups (broad SMARTS) is 1. The van der Waals surface area contributed by atoms with Crippen LogP contribution >= 0.6 is 23.2 Å². The number of rotatable bonds is 11. The van der Waals surface area contributed by atoms with E-state index < -0.39 is 33.2 Å². The largest absolute Gasteiger partial charge is 0.491 e. The first-order valence-electron chi connectivity index (χ1n) is 16.7. The zero-order valence-corrected chi connectivity index (χ0v) is 33.0. The fourth-order valence-electron chi connectivity index (χ4n) is 6.53. The molecule has 1 spiro atoms. The van der Waals surface area contributed by atoms with Gasteiger partial charge in [-0.15, -0.1) is 0 Å². The fourth-order valence-corrected chi connectivity index (χ4v) is 8.26. The van der Waals surface area contributed by atoms with Crippen LogP contribution in [0.1, 0.15) is 31.9 Å². The smallest absolute Gasteiger partial charge is 0.407 e. The third kappa shape index (κ3) is 8.43. The van der Waals surface area contributed by atoms with Gasteiger partial charge in [-0.2, -0.15) is 18.3 Å². The Bertz CT molecular complexity index is 1790. The molecule has 1 N–H and O–H groups in total. The first-order valence-corrected chi connectivity index (χ1v) is 20.3. The van der Waals surface area contributed by atoms with Gasteiger partial charge >= 0.3 is 12.3 Å². The molecule has 2 aliphatic heterocycles. The molecule has 5 rings (SSSR count). The second-order valence-electron chi connectivity index (χ2n) is 15.5. The number of likely N-dealkylation sites (N-methyl/N-ethyl adjacent to an activating group) is 1. The molecule has 2 fully saturated rings. The van der Waals surface area contributed by atoms with Gasteiger partial charge in [0.15, 0.2) is 19.3 Å². The summed E-state index contributed by atoms with van der Waals surface area (Å²) in [7, 11) is 0.991. The van der Waals surface area contributed by atoms with Crippen molar-refractivity contribution in [1.29, 1.82) is 0 Å². The molecule has 0 unspecified atom stereocenters. The predicted molar refractivity (Wildman–Crippen MR) is 195 cm³/mol. The van der Waals surface area contributed by atoms with Crippen LogP contribution in [-0.2, 0) is 11.5 Å². The highest BCUT2D eigenvalue weighted by molar-refractivity contribution is 6.74. The van der Waals surface area contributed by atoms with E-state index in [1.54, 1.807) is 29.9 Å². The molecule has 0 bridgehead atoms. The molecule has 1 amide bonds. The van der Waals surface area contributed by atoms with Crippen LogP contribution in [0.25, 0.3) is 22.8 Å². The van der Waals surface area contributed by atoms with Gasteiger partial charge in [0.2, 0.25) is 0 Å². The van der Waals surface area contributed by atoms with Gasteiger partial charge < -0.3 is 24.1 Å². The lowest BCUT2D eigenvalue weighted by Crippen LogP contribution is -2.73. The molecule has 2 saturated heterocycles. The van der Waals surface area contributed by atoms with Crippen LogP contribution in [0.15, 0.2) is 18.2 Å².